The Bertz CT molecular complexity index is 1160. The van der Waals surface area contributed by atoms with Crippen LogP contribution in [0.4, 0.5) is 13.2 Å². The van der Waals surface area contributed by atoms with Gasteiger partial charge in [0.2, 0.25) is 0 Å². The van der Waals surface area contributed by atoms with E-state index < -0.39 is 6.36 Å². The number of fused-ring (bicyclic) bond motifs is 2. The zero-order valence-corrected chi connectivity index (χ0v) is 18.3. The summed E-state index contributed by atoms with van der Waals surface area (Å²) in [6.45, 7) is 3.00. The van der Waals surface area contributed by atoms with Crippen LogP contribution in [0.3, 0.4) is 0 Å². The monoisotopic (exact) mass is 457 g/mol. The third kappa shape index (κ3) is 3.86. The number of rotatable bonds is 7. The predicted molar refractivity (Wildman–Crippen MR) is 119 cm³/mol. The number of carbonyl (C=O) groups excluding carboxylic acids is 1. The van der Waals surface area contributed by atoms with E-state index in [0.717, 1.165) is 36.6 Å². The maximum Gasteiger partial charge on any atom is 0.573 e. The number of nitrogens with zero attached hydrogens (tertiary/aromatic N) is 1. The first-order chi connectivity index (χ1) is 15.8. The van der Waals surface area contributed by atoms with Gasteiger partial charge >= 0.3 is 6.36 Å². The standard InChI is InChI=1S/C25H26F3N3O2/c1-2-31(22(32)21-14-18-8-3-4-10-20(18)30-21)24-12-6-11-23(24,16-24)29-15-17-7-5-9-19(13-17)33-25(26,27)28/h3-5,7-10,13-14,29-30H,2,6,11-12,15-16H2,1H3/t23-,24-/m1/s1. The number of nitrogens with one attached hydrogen (secondary N) is 2. The van der Waals surface area contributed by atoms with Crippen molar-refractivity contribution in [1.82, 2.24) is 15.2 Å². The highest BCUT2D eigenvalue weighted by molar-refractivity contribution is 5.98. The van der Waals surface area contributed by atoms with E-state index in [-0.39, 0.29) is 22.7 Å². The largest absolute Gasteiger partial charge is 0.573 e. The SMILES string of the molecule is CCN(C(=O)c1cc2ccccc2[nH]1)[C@@]12CCC[C@@]1(NCc1cccc(OC(F)(F)F)c1)C2. The number of aromatic amines is 1. The van der Waals surface area contributed by atoms with Crippen molar-refractivity contribution in [1.29, 1.82) is 0 Å². The van der Waals surface area contributed by atoms with Gasteiger partial charge in [0.25, 0.3) is 5.91 Å². The molecule has 0 bridgehead atoms. The Kier molecular flexibility index (Phi) is 5.16. The van der Waals surface area contributed by atoms with Crippen molar-refractivity contribution in [3.05, 3.63) is 65.9 Å². The molecule has 2 fully saturated rings. The zero-order valence-electron chi connectivity index (χ0n) is 18.3. The number of carbonyl (C=O) groups is 1. The van der Waals surface area contributed by atoms with E-state index in [1.165, 1.54) is 12.1 Å². The first-order valence-corrected chi connectivity index (χ1v) is 11.2. The second kappa shape index (κ2) is 7.80. The van der Waals surface area contributed by atoms with Gasteiger partial charge in [-0.25, -0.2) is 0 Å². The predicted octanol–water partition coefficient (Wildman–Crippen LogP) is 5.38. The molecule has 1 heterocycles. The Hall–Kier alpha value is -3.00. The molecule has 0 unspecified atom stereocenters. The molecule has 3 aromatic rings. The number of likely N-dealkylation sites (N-methyl/N-ethyl adjacent to an activating group) is 1. The second-order valence-corrected chi connectivity index (χ2v) is 9.01. The van der Waals surface area contributed by atoms with Gasteiger partial charge < -0.3 is 19.9 Å². The lowest BCUT2D eigenvalue weighted by atomic mass is 10.1. The van der Waals surface area contributed by atoms with Gasteiger partial charge in [0, 0.05) is 29.5 Å². The summed E-state index contributed by atoms with van der Waals surface area (Å²) in [5, 5.41) is 4.59. The van der Waals surface area contributed by atoms with Crippen LogP contribution in [0.5, 0.6) is 5.75 Å². The summed E-state index contributed by atoms with van der Waals surface area (Å²) < 4.78 is 41.7. The molecule has 33 heavy (non-hydrogen) atoms. The molecule has 1 aromatic heterocycles. The lowest BCUT2D eigenvalue weighted by Crippen LogP contribution is -2.49. The molecule has 8 heteroatoms. The molecule has 2 aliphatic rings. The van der Waals surface area contributed by atoms with Gasteiger partial charge in [-0.15, -0.1) is 13.2 Å². The average Bonchev–Trinajstić information content (AvgIpc) is 3.07. The number of alkyl halides is 3. The quantitative estimate of drug-likeness (QED) is 0.501. The molecule has 5 rings (SSSR count). The molecular weight excluding hydrogens is 431 g/mol. The fraction of sp³-hybridized carbons (Fsp3) is 0.400. The van der Waals surface area contributed by atoms with Crippen molar-refractivity contribution in [2.75, 3.05) is 6.54 Å². The average molecular weight is 457 g/mol. The molecule has 5 nitrogen and oxygen atoms in total. The van der Waals surface area contributed by atoms with Gasteiger partial charge in [0.1, 0.15) is 11.4 Å². The molecule has 2 aliphatic carbocycles. The Labute approximate surface area is 189 Å². The lowest BCUT2D eigenvalue weighted by Gasteiger charge is -2.32. The van der Waals surface area contributed by atoms with Crippen LogP contribution in [-0.4, -0.2) is 39.8 Å². The van der Waals surface area contributed by atoms with Gasteiger partial charge in [0.05, 0.1) is 5.54 Å². The summed E-state index contributed by atoms with van der Waals surface area (Å²) in [7, 11) is 0. The number of H-pyrrole nitrogens is 1. The van der Waals surface area contributed by atoms with E-state index in [9.17, 15) is 18.0 Å². The number of para-hydroxylation sites is 1. The summed E-state index contributed by atoms with van der Waals surface area (Å²) in [6, 6.07) is 15.7. The molecule has 0 radical (unpaired) electrons. The van der Waals surface area contributed by atoms with Gasteiger partial charge in [-0.1, -0.05) is 30.3 Å². The molecule has 2 saturated carbocycles. The number of hydrogen-bond donors (Lipinski definition) is 2. The van der Waals surface area contributed by atoms with Crippen molar-refractivity contribution in [2.45, 2.75) is 56.6 Å². The third-order valence-corrected chi connectivity index (χ3v) is 7.16. The van der Waals surface area contributed by atoms with E-state index in [1.807, 2.05) is 42.2 Å². The molecule has 1 amide bonds. The third-order valence-electron chi connectivity index (χ3n) is 7.16. The molecule has 0 spiro atoms. The maximum absolute atomic E-state index is 13.5. The summed E-state index contributed by atoms with van der Waals surface area (Å²) in [5.41, 5.74) is 1.74. The highest BCUT2D eigenvalue weighted by Crippen LogP contribution is 2.63. The number of amides is 1. The first kappa shape index (κ1) is 21.8. The molecule has 2 aromatic carbocycles. The van der Waals surface area contributed by atoms with Crippen molar-refractivity contribution < 1.29 is 22.7 Å². The van der Waals surface area contributed by atoms with E-state index >= 15 is 0 Å². The van der Waals surface area contributed by atoms with Crippen LogP contribution in [-0.2, 0) is 6.54 Å². The van der Waals surface area contributed by atoms with Crippen LogP contribution in [0.25, 0.3) is 10.9 Å². The number of hydrogen-bond acceptors (Lipinski definition) is 3. The van der Waals surface area contributed by atoms with Crippen LogP contribution in [0, 0.1) is 0 Å². The first-order valence-electron chi connectivity index (χ1n) is 11.2. The molecule has 2 N–H and O–H groups in total. The van der Waals surface area contributed by atoms with E-state index in [4.69, 9.17) is 0 Å². The Morgan fingerprint density at radius 2 is 1.97 bits per heavy atom. The molecule has 0 aliphatic heterocycles. The van der Waals surface area contributed by atoms with E-state index in [0.29, 0.717) is 24.3 Å². The van der Waals surface area contributed by atoms with Crippen LogP contribution in [0.2, 0.25) is 0 Å². The van der Waals surface area contributed by atoms with E-state index in [2.05, 4.69) is 15.0 Å². The summed E-state index contributed by atoms with van der Waals surface area (Å²) >= 11 is 0. The van der Waals surface area contributed by atoms with Crippen molar-refractivity contribution >= 4 is 16.8 Å². The molecule has 0 saturated heterocycles. The minimum Gasteiger partial charge on any atom is -0.406 e. The molecule has 2 atom stereocenters. The summed E-state index contributed by atoms with van der Waals surface area (Å²) in [5.74, 6) is -0.239. The summed E-state index contributed by atoms with van der Waals surface area (Å²) in [6.07, 6.45) is -1.02. The van der Waals surface area contributed by atoms with Crippen LogP contribution >= 0.6 is 0 Å². The zero-order chi connectivity index (χ0) is 23.3. The fourth-order valence-electron chi connectivity index (χ4n) is 5.69. The number of halogens is 3. The Balaban J connectivity index is 1.33. The minimum atomic E-state index is -4.72. The van der Waals surface area contributed by atoms with Gasteiger partial charge in [-0.3, -0.25) is 4.79 Å². The highest BCUT2D eigenvalue weighted by Gasteiger charge is 2.73. The van der Waals surface area contributed by atoms with Crippen molar-refractivity contribution in [3.8, 4) is 5.75 Å². The van der Waals surface area contributed by atoms with Gasteiger partial charge in [-0.05, 0) is 62.4 Å². The van der Waals surface area contributed by atoms with Crippen LogP contribution in [0.15, 0.2) is 54.6 Å². The maximum atomic E-state index is 13.5. The summed E-state index contributed by atoms with van der Waals surface area (Å²) in [4.78, 5) is 18.7. The van der Waals surface area contributed by atoms with Gasteiger partial charge in [0.15, 0.2) is 0 Å². The van der Waals surface area contributed by atoms with Crippen molar-refractivity contribution in [3.63, 3.8) is 0 Å². The smallest absolute Gasteiger partial charge is 0.406 e. The lowest BCUT2D eigenvalue weighted by molar-refractivity contribution is -0.274. The Morgan fingerprint density at radius 3 is 2.73 bits per heavy atom. The number of ether oxygens (including phenoxy) is 1. The highest BCUT2D eigenvalue weighted by atomic mass is 19.4. The minimum absolute atomic E-state index is 0.0140. The molecule has 174 valence electrons. The van der Waals surface area contributed by atoms with E-state index in [1.54, 1.807) is 12.1 Å². The van der Waals surface area contributed by atoms with Crippen LogP contribution < -0.4 is 10.1 Å². The van der Waals surface area contributed by atoms with Gasteiger partial charge in [-0.2, -0.15) is 0 Å². The number of aromatic nitrogens is 1. The Morgan fingerprint density at radius 1 is 1.15 bits per heavy atom. The van der Waals surface area contributed by atoms with Crippen molar-refractivity contribution in [2.24, 2.45) is 0 Å². The fourth-order valence-corrected chi connectivity index (χ4v) is 5.69. The number of benzene rings is 2. The topological polar surface area (TPSA) is 57.4 Å². The normalized spacial score (nSPS) is 24.0. The van der Waals surface area contributed by atoms with Crippen LogP contribution in [0.1, 0.15) is 48.7 Å². The second-order valence-electron chi connectivity index (χ2n) is 9.01. The molecular formula is C25H26F3N3O2.